The lowest BCUT2D eigenvalue weighted by Crippen LogP contribution is -2.64. The molecule has 0 radical (unpaired) electrons. The van der Waals surface area contributed by atoms with Gasteiger partial charge in [-0.2, -0.15) is 0 Å². The molecule has 2 saturated carbocycles. The zero-order valence-corrected chi connectivity index (χ0v) is 13.9. The van der Waals surface area contributed by atoms with E-state index >= 15 is 0 Å². The van der Waals surface area contributed by atoms with Gasteiger partial charge in [0.1, 0.15) is 0 Å². The summed E-state index contributed by atoms with van der Waals surface area (Å²) >= 11 is 0. The highest BCUT2D eigenvalue weighted by atomic mass is 16.6. The number of ether oxygens (including phenoxy) is 1. The van der Waals surface area contributed by atoms with Gasteiger partial charge in [-0.25, -0.2) is 0 Å². The molecule has 3 nitrogen and oxygen atoms in total. The van der Waals surface area contributed by atoms with Gasteiger partial charge in [0.15, 0.2) is 5.79 Å². The number of hydrogen-bond donors (Lipinski definition) is 2. The standard InChI is InChI=1S/C18H32O3/c1-4-13(5-2)17-9-8-15(19)16(17,3)10-11-18(20)14(17)7-6-12-21-18/h13-15,19-20H,4-12H2,1-3H3/t14?,15?,16-,17+,18?/m0/s1. The van der Waals surface area contributed by atoms with E-state index in [0.29, 0.717) is 18.9 Å². The Bertz CT molecular complexity index is 394. The molecule has 122 valence electrons. The largest absolute Gasteiger partial charge is 0.393 e. The van der Waals surface area contributed by atoms with Crippen molar-refractivity contribution < 1.29 is 14.9 Å². The Balaban J connectivity index is 2.10. The fourth-order valence-corrected chi connectivity index (χ4v) is 6.44. The Morgan fingerprint density at radius 3 is 2.52 bits per heavy atom. The second-order valence-corrected chi connectivity index (χ2v) is 7.91. The van der Waals surface area contributed by atoms with Crippen LogP contribution in [-0.2, 0) is 4.74 Å². The Morgan fingerprint density at radius 2 is 1.86 bits per heavy atom. The first-order valence-electron chi connectivity index (χ1n) is 8.99. The van der Waals surface area contributed by atoms with Gasteiger partial charge in [-0.1, -0.05) is 33.6 Å². The molecule has 3 aliphatic rings. The van der Waals surface area contributed by atoms with Crippen molar-refractivity contribution in [2.75, 3.05) is 6.61 Å². The highest BCUT2D eigenvalue weighted by Gasteiger charge is 2.69. The summed E-state index contributed by atoms with van der Waals surface area (Å²) in [6, 6.07) is 0. The molecule has 21 heavy (non-hydrogen) atoms. The molecule has 2 N–H and O–H groups in total. The second kappa shape index (κ2) is 5.21. The van der Waals surface area contributed by atoms with E-state index in [2.05, 4.69) is 20.8 Å². The van der Waals surface area contributed by atoms with Crippen molar-refractivity contribution in [3.05, 3.63) is 0 Å². The van der Waals surface area contributed by atoms with Crippen molar-refractivity contribution in [3.8, 4) is 0 Å². The predicted octanol–water partition coefficient (Wildman–Crippen LogP) is 3.48. The van der Waals surface area contributed by atoms with Crippen LogP contribution in [0.3, 0.4) is 0 Å². The van der Waals surface area contributed by atoms with Gasteiger partial charge in [0, 0.05) is 17.8 Å². The average molecular weight is 296 g/mol. The third-order valence-corrected chi connectivity index (χ3v) is 7.50. The molecule has 0 aromatic heterocycles. The summed E-state index contributed by atoms with van der Waals surface area (Å²) in [5.41, 5.74) is -0.00931. The van der Waals surface area contributed by atoms with Crippen LogP contribution in [0.4, 0.5) is 0 Å². The smallest absolute Gasteiger partial charge is 0.168 e. The van der Waals surface area contributed by atoms with E-state index in [4.69, 9.17) is 4.74 Å². The van der Waals surface area contributed by atoms with Gasteiger partial charge >= 0.3 is 0 Å². The van der Waals surface area contributed by atoms with E-state index in [1.165, 1.54) is 0 Å². The van der Waals surface area contributed by atoms with E-state index in [0.717, 1.165) is 44.9 Å². The van der Waals surface area contributed by atoms with Crippen molar-refractivity contribution in [1.82, 2.24) is 0 Å². The Morgan fingerprint density at radius 1 is 1.14 bits per heavy atom. The summed E-state index contributed by atoms with van der Waals surface area (Å²) < 4.78 is 5.90. The molecule has 0 bridgehead atoms. The first kappa shape index (κ1) is 15.8. The van der Waals surface area contributed by atoms with Gasteiger partial charge in [-0.05, 0) is 43.4 Å². The first-order chi connectivity index (χ1) is 9.94. The average Bonchev–Trinajstić information content (AvgIpc) is 2.74. The van der Waals surface area contributed by atoms with Crippen LogP contribution in [0.25, 0.3) is 0 Å². The maximum Gasteiger partial charge on any atom is 0.168 e. The summed E-state index contributed by atoms with van der Waals surface area (Å²) in [4.78, 5) is 0. The highest BCUT2D eigenvalue weighted by Crippen LogP contribution is 2.70. The zero-order chi connectivity index (χ0) is 15.3. The van der Waals surface area contributed by atoms with Gasteiger partial charge in [0.25, 0.3) is 0 Å². The van der Waals surface area contributed by atoms with Crippen molar-refractivity contribution >= 4 is 0 Å². The van der Waals surface area contributed by atoms with Crippen LogP contribution in [0.2, 0.25) is 0 Å². The Labute approximate surface area is 129 Å². The van der Waals surface area contributed by atoms with Crippen LogP contribution in [0.5, 0.6) is 0 Å². The fraction of sp³-hybridized carbons (Fsp3) is 1.00. The maximum absolute atomic E-state index is 11.1. The Kier molecular flexibility index (Phi) is 3.91. The molecule has 3 fully saturated rings. The van der Waals surface area contributed by atoms with Gasteiger partial charge in [-0.15, -0.1) is 0 Å². The summed E-state index contributed by atoms with van der Waals surface area (Å²) in [6.45, 7) is 7.51. The monoisotopic (exact) mass is 296 g/mol. The number of aliphatic hydroxyl groups is 2. The second-order valence-electron chi connectivity index (χ2n) is 7.91. The van der Waals surface area contributed by atoms with E-state index in [-0.39, 0.29) is 22.9 Å². The molecule has 0 spiro atoms. The number of aliphatic hydroxyl groups excluding tert-OH is 1. The van der Waals surface area contributed by atoms with E-state index in [1.54, 1.807) is 0 Å². The quantitative estimate of drug-likeness (QED) is 0.838. The van der Waals surface area contributed by atoms with E-state index in [1.807, 2.05) is 0 Å². The van der Waals surface area contributed by atoms with Gasteiger partial charge in [0.05, 0.1) is 12.7 Å². The van der Waals surface area contributed by atoms with Crippen molar-refractivity contribution in [1.29, 1.82) is 0 Å². The molecule has 1 saturated heterocycles. The van der Waals surface area contributed by atoms with E-state index < -0.39 is 5.79 Å². The van der Waals surface area contributed by atoms with Crippen molar-refractivity contribution in [2.45, 2.75) is 84.0 Å². The van der Waals surface area contributed by atoms with Crippen LogP contribution in [0.15, 0.2) is 0 Å². The fourth-order valence-electron chi connectivity index (χ4n) is 6.44. The third-order valence-electron chi connectivity index (χ3n) is 7.50. The SMILES string of the molecule is CCC(CC)[C@@]12CCC(O)[C@]1(C)CCC1(O)OCCCC12. The normalized spacial score (nSPS) is 50.0. The van der Waals surface area contributed by atoms with E-state index in [9.17, 15) is 10.2 Å². The predicted molar refractivity (Wildman–Crippen MR) is 82.7 cm³/mol. The minimum Gasteiger partial charge on any atom is -0.393 e. The molecule has 2 aliphatic carbocycles. The molecule has 1 heterocycles. The number of rotatable bonds is 3. The number of hydrogen-bond acceptors (Lipinski definition) is 3. The summed E-state index contributed by atoms with van der Waals surface area (Å²) in [5.74, 6) is -0.178. The molecular weight excluding hydrogens is 264 g/mol. The summed E-state index contributed by atoms with van der Waals surface area (Å²) in [6.07, 6.45) is 7.65. The highest BCUT2D eigenvalue weighted by molar-refractivity contribution is 5.16. The lowest BCUT2D eigenvalue weighted by Gasteiger charge is -2.63. The molecule has 3 heteroatoms. The first-order valence-corrected chi connectivity index (χ1v) is 8.99. The Hall–Kier alpha value is -0.120. The maximum atomic E-state index is 11.1. The zero-order valence-electron chi connectivity index (χ0n) is 13.9. The molecular formula is C18H32O3. The van der Waals surface area contributed by atoms with Crippen LogP contribution in [0, 0.1) is 22.7 Å². The van der Waals surface area contributed by atoms with Crippen LogP contribution < -0.4 is 0 Å². The summed E-state index contributed by atoms with van der Waals surface area (Å²) in [5, 5.41) is 21.9. The number of fused-ring (bicyclic) bond motifs is 3. The van der Waals surface area contributed by atoms with Gasteiger partial charge < -0.3 is 14.9 Å². The minimum atomic E-state index is -0.940. The topological polar surface area (TPSA) is 49.7 Å². The summed E-state index contributed by atoms with van der Waals surface area (Å²) in [7, 11) is 0. The molecule has 3 unspecified atom stereocenters. The van der Waals surface area contributed by atoms with Gasteiger partial charge in [-0.3, -0.25) is 0 Å². The van der Waals surface area contributed by atoms with Crippen LogP contribution in [0.1, 0.15) is 72.1 Å². The van der Waals surface area contributed by atoms with Gasteiger partial charge in [0.2, 0.25) is 0 Å². The van der Waals surface area contributed by atoms with Crippen LogP contribution in [-0.4, -0.2) is 28.7 Å². The van der Waals surface area contributed by atoms with Crippen LogP contribution >= 0.6 is 0 Å². The lowest BCUT2D eigenvalue weighted by atomic mass is 9.45. The molecule has 1 aliphatic heterocycles. The molecule has 0 aromatic rings. The molecule has 3 rings (SSSR count). The van der Waals surface area contributed by atoms with Crippen molar-refractivity contribution in [3.63, 3.8) is 0 Å². The molecule has 5 atom stereocenters. The molecule has 0 aromatic carbocycles. The minimum absolute atomic E-state index is 0.0450. The van der Waals surface area contributed by atoms with Crippen molar-refractivity contribution in [2.24, 2.45) is 22.7 Å². The third kappa shape index (κ3) is 1.90. The molecule has 0 amide bonds. The lowest BCUT2D eigenvalue weighted by molar-refractivity contribution is -0.329.